The highest BCUT2D eigenvalue weighted by molar-refractivity contribution is 6.36. The number of rotatable bonds is 5. The number of pyridine rings is 1. The smallest absolute Gasteiger partial charge is 0.407 e. The molecule has 0 bridgehead atoms. The maximum Gasteiger partial charge on any atom is 0.407 e. The second kappa shape index (κ2) is 10.7. The fourth-order valence-corrected chi connectivity index (χ4v) is 6.08. The Balaban J connectivity index is 1.47. The zero-order valence-corrected chi connectivity index (χ0v) is 23.1. The molecule has 0 saturated carbocycles. The summed E-state index contributed by atoms with van der Waals surface area (Å²) in [7, 11) is 2.06. The first kappa shape index (κ1) is 26.5. The molecule has 2 aromatic carbocycles. The Labute approximate surface area is 236 Å². The first-order valence-corrected chi connectivity index (χ1v) is 13.8. The number of carbonyl (C=O) groups is 1. The Morgan fingerprint density at radius 3 is 2.70 bits per heavy atom. The molecule has 11 heteroatoms. The van der Waals surface area contributed by atoms with Gasteiger partial charge in [0.15, 0.2) is 5.82 Å². The minimum Gasteiger partial charge on any atom is -0.465 e. The van der Waals surface area contributed by atoms with E-state index in [4.69, 9.17) is 21.3 Å². The molecule has 2 aromatic heterocycles. The van der Waals surface area contributed by atoms with Crippen molar-refractivity contribution < 1.29 is 19.0 Å². The van der Waals surface area contributed by atoms with E-state index in [9.17, 15) is 9.90 Å². The van der Waals surface area contributed by atoms with Gasteiger partial charge >= 0.3 is 12.1 Å². The van der Waals surface area contributed by atoms with E-state index in [0.29, 0.717) is 53.4 Å². The number of aromatic nitrogens is 3. The second-order valence-electron chi connectivity index (χ2n) is 10.5. The summed E-state index contributed by atoms with van der Waals surface area (Å²) in [5.74, 6) is -0.112. The highest BCUT2D eigenvalue weighted by atomic mass is 35.5. The first-order valence-electron chi connectivity index (χ1n) is 13.4. The predicted octanol–water partition coefficient (Wildman–Crippen LogP) is 5.30. The third-order valence-corrected chi connectivity index (χ3v) is 8.31. The zero-order valence-electron chi connectivity index (χ0n) is 22.3. The molecule has 0 spiro atoms. The van der Waals surface area contributed by atoms with E-state index in [0.717, 1.165) is 24.8 Å². The van der Waals surface area contributed by atoms with Gasteiger partial charge < -0.3 is 24.5 Å². The van der Waals surface area contributed by atoms with Crippen LogP contribution in [0.4, 0.5) is 15.0 Å². The molecule has 1 amide bonds. The molecule has 2 saturated heterocycles. The standard InChI is InChI=1S/C29H30ClFN6O3/c1-17-15-36(29(38)39)12-13-37(17)27-21-14-32-25(20-9-3-6-18-7-4-10-22(30)23(18)20)24(31)26(21)33-28(34-27)40-16-19-8-5-11-35(19)2/h3-4,6-7,9-10,14,17,19H,5,8,11-13,15-16H2,1-2H3,(H,38,39). The molecule has 0 radical (unpaired) electrons. The maximum atomic E-state index is 16.4. The van der Waals surface area contributed by atoms with Crippen LogP contribution in [0, 0.1) is 5.82 Å². The van der Waals surface area contributed by atoms with Crippen molar-refractivity contribution in [1.29, 1.82) is 0 Å². The number of nitrogens with zero attached hydrogens (tertiary/aromatic N) is 6. The number of ether oxygens (including phenoxy) is 1. The van der Waals surface area contributed by atoms with Crippen LogP contribution in [0.2, 0.25) is 5.02 Å². The van der Waals surface area contributed by atoms with E-state index in [2.05, 4.69) is 21.9 Å². The van der Waals surface area contributed by atoms with Crippen molar-refractivity contribution in [2.75, 3.05) is 44.7 Å². The van der Waals surface area contributed by atoms with Crippen molar-refractivity contribution in [2.45, 2.75) is 31.8 Å². The number of benzene rings is 2. The van der Waals surface area contributed by atoms with E-state index in [1.165, 1.54) is 4.90 Å². The number of carboxylic acid groups (broad SMARTS) is 1. The number of hydrogen-bond donors (Lipinski definition) is 1. The van der Waals surface area contributed by atoms with Crippen molar-refractivity contribution in [3.05, 3.63) is 53.4 Å². The lowest BCUT2D eigenvalue weighted by Gasteiger charge is -2.39. The maximum absolute atomic E-state index is 16.4. The molecule has 9 nitrogen and oxygen atoms in total. The van der Waals surface area contributed by atoms with Gasteiger partial charge in [-0.15, -0.1) is 0 Å². The molecule has 1 N–H and O–H groups in total. The molecule has 2 fully saturated rings. The third kappa shape index (κ3) is 4.75. The predicted molar refractivity (Wildman–Crippen MR) is 153 cm³/mol. The van der Waals surface area contributed by atoms with Crippen LogP contribution in [0.15, 0.2) is 42.6 Å². The molecule has 6 rings (SSSR count). The van der Waals surface area contributed by atoms with Gasteiger partial charge in [0, 0.05) is 53.9 Å². The van der Waals surface area contributed by atoms with E-state index in [1.807, 2.05) is 36.1 Å². The van der Waals surface area contributed by atoms with Gasteiger partial charge in [-0.2, -0.15) is 9.97 Å². The van der Waals surface area contributed by atoms with Gasteiger partial charge in [0.25, 0.3) is 0 Å². The largest absolute Gasteiger partial charge is 0.465 e. The second-order valence-corrected chi connectivity index (χ2v) is 10.9. The molecule has 2 atom stereocenters. The Morgan fingerprint density at radius 1 is 1.18 bits per heavy atom. The van der Waals surface area contributed by atoms with Gasteiger partial charge in [-0.3, -0.25) is 4.98 Å². The monoisotopic (exact) mass is 564 g/mol. The van der Waals surface area contributed by atoms with Crippen molar-refractivity contribution in [2.24, 2.45) is 0 Å². The number of anilines is 1. The van der Waals surface area contributed by atoms with E-state index in [-0.39, 0.29) is 29.3 Å². The minimum absolute atomic E-state index is 0.0858. The molecule has 208 valence electrons. The highest BCUT2D eigenvalue weighted by Gasteiger charge is 2.31. The summed E-state index contributed by atoms with van der Waals surface area (Å²) < 4.78 is 22.5. The van der Waals surface area contributed by atoms with Crippen LogP contribution in [-0.2, 0) is 0 Å². The quantitative estimate of drug-likeness (QED) is 0.349. The van der Waals surface area contributed by atoms with Crippen LogP contribution in [-0.4, -0.2) is 87.9 Å². The van der Waals surface area contributed by atoms with E-state index < -0.39 is 11.9 Å². The van der Waals surface area contributed by atoms with Gasteiger partial charge in [-0.25, -0.2) is 9.18 Å². The number of likely N-dealkylation sites (tertiary alicyclic amines) is 1. The van der Waals surface area contributed by atoms with Gasteiger partial charge in [-0.1, -0.05) is 41.9 Å². The van der Waals surface area contributed by atoms with Crippen molar-refractivity contribution in [3.63, 3.8) is 0 Å². The van der Waals surface area contributed by atoms with Crippen LogP contribution in [0.5, 0.6) is 6.01 Å². The Hall–Kier alpha value is -3.76. The topological polar surface area (TPSA) is 94.9 Å². The Morgan fingerprint density at radius 2 is 1.98 bits per heavy atom. The number of likely N-dealkylation sites (N-methyl/N-ethyl adjacent to an activating group) is 1. The molecule has 2 aliphatic rings. The summed E-state index contributed by atoms with van der Waals surface area (Å²) in [4.78, 5) is 31.0. The Kier molecular flexibility index (Phi) is 7.06. The van der Waals surface area contributed by atoms with Crippen LogP contribution in [0.25, 0.3) is 32.9 Å². The number of halogens is 2. The average molecular weight is 565 g/mol. The third-order valence-electron chi connectivity index (χ3n) is 8.00. The first-order chi connectivity index (χ1) is 19.3. The SMILES string of the molecule is CC1CN(C(=O)O)CCN1c1nc(OCC2CCCN2C)nc2c(F)c(-c3cccc4cccc(Cl)c34)ncc12. The van der Waals surface area contributed by atoms with Gasteiger partial charge in [0.2, 0.25) is 0 Å². The normalized spacial score (nSPS) is 20.0. The lowest BCUT2D eigenvalue weighted by Crippen LogP contribution is -2.53. The summed E-state index contributed by atoms with van der Waals surface area (Å²) in [6, 6.07) is 11.2. The number of piperazine rings is 1. The lowest BCUT2D eigenvalue weighted by atomic mass is 10.0. The van der Waals surface area contributed by atoms with E-state index in [1.54, 1.807) is 18.3 Å². The van der Waals surface area contributed by atoms with Gasteiger partial charge in [0.05, 0.1) is 5.39 Å². The molecule has 40 heavy (non-hydrogen) atoms. The zero-order chi connectivity index (χ0) is 28.0. The fourth-order valence-electron chi connectivity index (χ4n) is 5.79. The van der Waals surface area contributed by atoms with Crippen LogP contribution >= 0.6 is 11.6 Å². The lowest BCUT2D eigenvalue weighted by molar-refractivity contribution is 0.136. The molecule has 4 heterocycles. The van der Waals surface area contributed by atoms with Crippen molar-refractivity contribution >= 4 is 45.2 Å². The Bertz CT molecular complexity index is 1600. The fraction of sp³-hybridized carbons (Fsp3) is 0.379. The van der Waals surface area contributed by atoms with Crippen LogP contribution in [0.3, 0.4) is 0 Å². The summed E-state index contributed by atoms with van der Waals surface area (Å²) in [6.07, 6.45) is 2.73. The van der Waals surface area contributed by atoms with Crippen molar-refractivity contribution in [3.8, 4) is 17.3 Å². The number of hydrogen-bond acceptors (Lipinski definition) is 7. The average Bonchev–Trinajstić information content (AvgIpc) is 3.36. The molecular formula is C29H30ClFN6O3. The van der Waals surface area contributed by atoms with Crippen LogP contribution < -0.4 is 9.64 Å². The summed E-state index contributed by atoms with van der Waals surface area (Å²) in [6.45, 7) is 4.31. The number of amides is 1. The molecule has 2 aliphatic heterocycles. The van der Waals surface area contributed by atoms with Crippen molar-refractivity contribution in [1.82, 2.24) is 24.8 Å². The summed E-state index contributed by atoms with van der Waals surface area (Å²) in [5.41, 5.74) is 0.809. The van der Waals surface area contributed by atoms with E-state index >= 15 is 4.39 Å². The highest BCUT2D eigenvalue weighted by Crippen LogP contribution is 2.37. The minimum atomic E-state index is -0.963. The summed E-state index contributed by atoms with van der Waals surface area (Å²) in [5, 5.41) is 12.0. The molecule has 2 unspecified atom stereocenters. The molecule has 0 aliphatic carbocycles. The number of fused-ring (bicyclic) bond motifs is 2. The molecule has 4 aromatic rings. The summed E-state index contributed by atoms with van der Waals surface area (Å²) >= 11 is 6.55. The molecular weight excluding hydrogens is 535 g/mol. The van der Waals surface area contributed by atoms with Gasteiger partial charge in [0.1, 0.15) is 23.6 Å². The van der Waals surface area contributed by atoms with Crippen LogP contribution in [0.1, 0.15) is 19.8 Å². The van der Waals surface area contributed by atoms with Gasteiger partial charge in [-0.05, 0) is 44.8 Å².